The van der Waals surface area contributed by atoms with Crippen LogP contribution in [0.15, 0.2) is 36.4 Å². The maximum absolute atomic E-state index is 14.2. The predicted molar refractivity (Wildman–Crippen MR) is 119 cm³/mol. The molecule has 0 unspecified atom stereocenters. The van der Waals surface area contributed by atoms with Crippen molar-refractivity contribution in [3.8, 4) is 11.5 Å². The molecule has 0 spiro atoms. The third-order valence-electron chi connectivity index (χ3n) is 6.00. The smallest absolute Gasteiger partial charge is 0.207 e. The number of carbonyl (C=O) groups excluding carboxylic acids is 1. The number of aryl methyl sites for hydroxylation is 1. The molecule has 0 radical (unpaired) electrons. The molecule has 1 saturated carbocycles. The van der Waals surface area contributed by atoms with Gasteiger partial charge in [0.15, 0.2) is 17.3 Å². The van der Waals surface area contributed by atoms with E-state index >= 15 is 0 Å². The number of rotatable bonds is 10. The fourth-order valence-electron chi connectivity index (χ4n) is 4.22. The highest BCUT2D eigenvalue weighted by Gasteiger charge is 2.26. The Hall–Kier alpha value is -2.40. The van der Waals surface area contributed by atoms with Gasteiger partial charge in [-0.3, -0.25) is 4.79 Å². The topological polar surface area (TPSA) is 55.8 Å². The molecule has 0 bridgehead atoms. The number of benzene rings is 2. The number of phenolic OH excluding ortho intramolecular Hbond substituents is 1. The van der Waals surface area contributed by atoms with Crippen molar-refractivity contribution in [2.75, 3.05) is 6.61 Å². The number of halogens is 1. The second-order valence-corrected chi connectivity index (χ2v) is 8.35. The summed E-state index contributed by atoms with van der Waals surface area (Å²) in [5.74, 6) is -1.51. The summed E-state index contributed by atoms with van der Waals surface area (Å²) in [6, 6.07) is 11.5. The van der Waals surface area contributed by atoms with Crippen LogP contribution < -0.4 is 4.74 Å². The van der Waals surface area contributed by atoms with Crippen LogP contribution in [-0.4, -0.2) is 23.6 Å². The van der Waals surface area contributed by atoms with Crippen LogP contribution in [0.3, 0.4) is 0 Å². The lowest BCUT2D eigenvalue weighted by Gasteiger charge is -2.28. The number of ketones is 1. The largest absolute Gasteiger partial charge is 0.504 e. The van der Waals surface area contributed by atoms with Crippen molar-refractivity contribution in [2.24, 2.45) is 5.92 Å². The second kappa shape index (κ2) is 11.3. The minimum absolute atomic E-state index is 0.0331. The Morgan fingerprint density at radius 2 is 1.71 bits per heavy atom. The van der Waals surface area contributed by atoms with E-state index in [2.05, 4.69) is 31.2 Å². The molecule has 0 amide bonds. The third-order valence-corrected chi connectivity index (χ3v) is 6.00. The number of ether oxygens (including phenoxy) is 2. The maximum Gasteiger partial charge on any atom is 0.207 e. The van der Waals surface area contributed by atoms with Crippen LogP contribution in [0.25, 0.3) is 0 Å². The summed E-state index contributed by atoms with van der Waals surface area (Å²) in [5, 5.41) is 10.1. The van der Waals surface area contributed by atoms with E-state index in [4.69, 9.17) is 9.47 Å². The molecule has 0 atom stereocenters. The number of Topliss-reactive ketones (excluding diaryl/α,β-unsaturated/α-hetero) is 1. The Morgan fingerprint density at radius 3 is 2.35 bits per heavy atom. The zero-order chi connectivity index (χ0) is 22.2. The Kier molecular flexibility index (Phi) is 8.47. The predicted octanol–water partition coefficient (Wildman–Crippen LogP) is 6.23. The lowest BCUT2D eigenvalue weighted by atomic mass is 9.83. The summed E-state index contributed by atoms with van der Waals surface area (Å²) >= 11 is 0. The standard InChI is InChI=1S/C26H33FO4/c1-3-5-18-6-8-20(9-7-18)17-31-21-12-10-19(11-13-21)16-23(28)22-14-15-24(30-4-2)25(27)26(22)29/h6-9,14-15,19,21,29H,3-5,10-13,16-17H2,1-2H3. The van der Waals surface area contributed by atoms with Gasteiger partial charge in [0.2, 0.25) is 5.82 Å². The summed E-state index contributed by atoms with van der Waals surface area (Å²) in [6.45, 7) is 4.82. The van der Waals surface area contributed by atoms with Crippen LogP contribution in [0.2, 0.25) is 0 Å². The van der Waals surface area contributed by atoms with Gasteiger partial charge in [0.1, 0.15) is 0 Å². The molecule has 5 heteroatoms. The lowest BCUT2D eigenvalue weighted by molar-refractivity contribution is 0.00659. The highest BCUT2D eigenvalue weighted by atomic mass is 19.1. The molecule has 1 aliphatic rings. The highest BCUT2D eigenvalue weighted by Crippen LogP contribution is 2.34. The van der Waals surface area contributed by atoms with E-state index in [1.165, 1.54) is 23.3 Å². The van der Waals surface area contributed by atoms with Crippen LogP contribution in [-0.2, 0) is 17.8 Å². The Labute approximate surface area is 184 Å². The van der Waals surface area contributed by atoms with E-state index < -0.39 is 11.6 Å². The number of aromatic hydroxyl groups is 1. The Balaban J connectivity index is 1.45. The fourth-order valence-corrected chi connectivity index (χ4v) is 4.22. The first-order chi connectivity index (χ1) is 15.0. The average Bonchev–Trinajstić information content (AvgIpc) is 2.78. The van der Waals surface area contributed by atoms with Gasteiger partial charge in [-0.1, -0.05) is 37.6 Å². The second-order valence-electron chi connectivity index (χ2n) is 8.35. The number of carbonyl (C=O) groups is 1. The van der Waals surface area contributed by atoms with Crippen molar-refractivity contribution in [2.45, 2.75) is 71.5 Å². The van der Waals surface area contributed by atoms with E-state index in [0.29, 0.717) is 19.6 Å². The quantitative estimate of drug-likeness (QED) is 0.456. The number of hydrogen-bond acceptors (Lipinski definition) is 4. The van der Waals surface area contributed by atoms with E-state index in [9.17, 15) is 14.3 Å². The van der Waals surface area contributed by atoms with Crippen LogP contribution in [0.4, 0.5) is 4.39 Å². The van der Waals surface area contributed by atoms with Crippen molar-refractivity contribution in [3.05, 3.63) is 58.9 Å². The molecular weight excluding hydrogens is 395 g/mol. The third kappa shape index (κ3) is 6.30. The van der Waals surface area contributed by atoms with Crippen molar-refractivity contribution >= 4 is 5.78 Å². The molecular formula is C26H33FO4. The number of phenols is 1. The monoisotopic (exact) mass is 428 g/mol. The van der Waals surface area contributed by atoms with Gasteiger partial charge in [0.05, 0.1) is 24.9 Å². The van der Waals surface area contributed by atoms with Gasteiger partial charge >= 0.3 is 0 Å². The van der Waals surface area contributed by atoms with Crippen molar-refractivity contribution in [1.29, 1.82) is 0 Å². The van der Waals surface area contributed by atoms with Crippen molar-refractivity contribution in [1.82, 2.24) is 0 Å². The molecule has 3 rings (SSSR count). The van der Waals surface area contributed by atoms with Crippen LogP contribution in [0, 0.1) is 11.7 Å². The van der Waals surface area contributed by atoms with Crippen LogP contribution in [0.5, 0.6) is 11.5 Å². The van der Waals surface area contributed by atoms with Crippen LogP contribution in [0.1, 0.15) is 73.9 Å². The zero-order valence-corrected chi connectivity index (χ0v) is 18.5. The van der Waals surface area contributed by atoms with E-state index in [-0.39, 0.29) is 29.1 Å². The molecule has 2 aromatic rings. The number of hydrogen-bond donors (Lipinski definition) is 1. The maximum atomic E-state index is 14.2. The van der Waals surface area contributed by atoms with Gasteiger partial charge in [0, 0.05) is 6.42 Å². The Morgan fingerprint density at radius 1 is 1.03 bits per heavy atom. The molecule has 0 saturated heterocycles. The summed E-state index contributed by atoms with van der Waals surface area (Å²) < 4.78 is 25.4. The van der Waals surface area contributed by atoms with E-state index in [0.717, 1.165) is 38.5 Å². The van der Waals surface area contributed by atoms with Gasteiger partial charge in [-0.2, -0.15) is 4.39 Å². The molecule has 0 aliphatic heterocycles. The highest BCUT2D eigenvalue weighted by molar-refractivity contribution is 5.99. The van der Waals surface area contributed by atoms with E-state index in [1.54, 1.807) is 6.92 Å². The molecule has 4 nitrogen and oxygen atoms in total. The zero-order valence-electron chi connectivity index (χ0n) is 18.5. The first kappa shape index (κ1) is 23.3. The van der Waals surface area contributed by atoms with Gasteiger partial charge in [-0.15, -0.1) is 0 Å². The minimum Gasteiger partial charge on any atom is -0.504 e. The molecule has 0 aromatic heterocycles. The van der Waals surface area contributed by atoms with Gasteiger partial charge < -0.3 is 14.6 Å². The summed E-state index contributed by atoms with van der Waals surface area (Å²) in [6.07, 6.45) is 6.38. The molecule has 31 heavy (non-hydrogen) atoms. The van der Waals surface area contributed by atoms with Crippen molar-refractivity contribution < 1.29 is 23.8 Å². The van der Waals surface area contributed by atoms with E-state index in [1.807, 2.05) is 0 Å². The fraction of sp³-hybridized carbons (Fsp3) is 0.500. The van der Waals surface area contributed by atoms with Crippen LogP contribution >= 0.6 is 0 Å². The SMILES string of the molecule is CCCc1ccc(COC2CCC(CC(=O)c3ccc(OCC)c(F)c3O)CC2)cc1. The van der Waals surface area contributed by atoms with Gasteiger partial charge in [-0.25, -0.2) is 0 Å². The molecule has 0 heterocycles. The first-order valence-corrected chi connectivity index (χ1v) is 11.4. The average molecular weight is 429 g/mol. The summed E-state index contributed by atoms with van der Waals surface area (Å²) in [7, 11) is 0. The first-order valence-electron chi connectivity index (χ1n) is 11.4. The molecule has 1 aliphatic carbocycles. The lowest BCUT2D eigenvalue weighted by Crippen LogP contribution is -2.23. The molecule has 1 fully saturated rings. The molecule has 1 N–H and O–H groups in total. The summed E-state index contributed by atoms with van der Waals surface area (Å²) in [5.41, 5.74) is 2.57. The summed E-state index contributed by atoms with van der Waals surface area (Å²) in [4.78, 5) is 12.6. The van der Waals surface area contributed by atoms with Gasteiger partial charge in [-0.05, 0) is 68.2 Å². The van der Waals surface area contributed by atoms with Crippen molar-refractivity contribution in [3.63, 3.8) is 0 Å². The Bertz CT molecular complexity index is 854. The minimum atomic E-state index is -0.868. The normalized spacial score (nSPS) is 18.7. The molecule has 168 valence electrons. The molecule has 2 aromatic carbocycles. The van der Waals surface area contributed by atoms with Gasteiger partial charge in [0.25, 0.3) is 0 Å².